The first-order valence-corrected chi connectivity index (χ1v) is 7.49. The summed E-state index contributed by atoms with van der Waals surface area (Å²) in [6, 6.07) is 7.66. The fraction of sp³-hybridized carbons (Fsp3) is 0.500. The average molecular weight is 271 g/mol. The monoisotopic (exact) mass is 270 g/mol. The summed E-state index contributed by atoms with van der Waals surface area (Å²) < 4.78 is 0. The molecule has 0 bridgehead atoms. The second-order valence-electron chi connectivity index (χ2n) is 4.07. The first kappa shape index (κ1) is 14.6. The van der Waals surface area contributed by atoms with Crippen LogP contribution in [0.2, 0.25) is 5.02 Å². The van der Waals surface area contributed by atoms with Crippen LogP contribution in [-0.4, -0.2) is 11.5 Å². The minimum Gasteiger partial charge on any atom is -0.299 e. The van der Waals surface area contributed by atoms with Gasteiger partial charge in [0.2, 0.25) is 0 Å². The van der Waals surface area contributed by atoms with Gasteiger partial charge in [-0.05, 0) is 18.6 Å². The Hall–Kier alpha value is -0.470. The minimum absolute atomic E-state index is 0.325. The van der Waals surface area contributed by atoms with Crippen molar-refractivity contribution in [1.29, 1.82) is 0 Å². The molecule has 0 atom stereocenters. The van der Waals surface area contributed by atoms with E-state index in [-0.39, 0.29) is 0 Å². The summed E-state index contributed by atoms with van der Waals surface area (Å²) in [7, 11) is 0. The van der Waals surface area contributed by atoms with E-state index in [4.69, 9.17) is 11.6 Å². The maximum Gasteiger partial charge on any atom is 0.143 e. The molecule has 0 saturated heterocycles. The first-order chi connectivity index (χ1) is 8.24. The maximum absolute atomic E-state index is 11.6. The quantitative estimate of drug-likeness (QED) is 0.490. The van der Waals surface area contributed by atoms with Gasteiger partial charge in [-0.2, -0.15) is 0 Å². The summed E-state index contributed by atoms with van der Waals surface area (Å²) in [6.07, 6.45) is 5.33. The van der Waals surface area contributed by atoms with E-state index in [1.807, 2.05) is 24.3 Å². The third-order valence-corrected chi connectivity index (χ3v) is 4.11. The lowest BCUT2D eigenvalue weighted by Gasteiger charge is -2.03. The molecule has 0 unspecified atom stereocenters. The molecule has 1 rings (SSSR count). The van der Waals surface area contributed by atoms with E-state index >= 15 is 0 Å². The molecule has 94 valence electrons. The lowest BCUT2D eigenvalue weighted by molar-refractivity contribution is -0.116. The highest BCUT2D eigenvalue weighted by Gasteiger charge is 2.05. The van der Waals surface area contributed by atoms with Gasteiger partial charge in [-0.1, -0.05) is 49.9 Å². The SMILES string of the molecule is CCCCCCC(=O)CSc1ccccc1Cl. The van der Waals surface area contributed by atoms with E-state index in [9.17, 15) is 4.79 Å². The molecule has 1 nitrogen and oxygen atoms in total. The maximum atomic E-state index is 11.6. The van der Waals surface area contributed by atoms with Crippen LogP contribution in [0.25, 0.3) is 0 Å². The number of benzene rings is 1. The molecule has 0 heterocycles. The fourth-order valence-electron chi connectivity index (χ4n) is 1.54. The largest absolute Gasteiger partial charge is 0.299 e. The number of ketones is 1. The second-order valence-corrected chi connectivity index (χ2v) is 5.49. The van der Waals surface area contributed by atoms with Crippen molar-refractivity contribution in [3.8, 4) is 0 Å². The van der Waals surface area contributed by atoms with E-state index in [1.54, 1.807) is 0 Å². The van der Waals surface area contributed by atoms with Gasteiger partial charge >= 0.3 is 0 Å². The van der Waals surface area contributed by atoms with Crippen molar-refractivity contribution < 1.29 is 4.79 Å². The van der Waals surface area contributed by atoms with Crippen molar-refractivity contribution in [3.63, 3.8) is 0 Å². The van der Waals surface area contributed by atoms with Crippen LogP contribution in [0, 0.1) is 0 Å². The minimum atomic E-state index is 0.325. The molecule has 0 spiro atoms. The highest BCUT2D eigenvalue weighted by molar-refractivity contribution is 8.00. The van der Waals surface area contributed by atoms with Gasteiger partial charge in [0.1, 0.15) is 5.78 Å². The summed E-state index contributed by atoms with van der Waals surface area (Å²) in [5.74, 6) is 0.863. The zero-order valence-electron chi connectivity index (χ0n) is 10.2. The standard InChI is InChI=1S/C14H19ClOS/c1-2-3-4-5-8-12(16)11-17-14-10-7-6-9-13(14)15/h6-7,9-10H,2-5,8,11H2,1H3. The number of unbranched alkanes of at least 4 members (excludes halogenated alkanes) is 3. The average Bonchev–Trinajstić information content (AvgIpc) is 2.34. The number of halogens is 1. The molecule has 0 fully saturated rings. The first-order valence-electron chi connectivity index (χ1n) is 6.13. The Bertz CT molecular complexity index is 352. The molecule has 1 aromatic rings. The van der Waals surface area contributed by atoms with Crippen LogP contribution in [0.5, 0.6) is 0 Å². The van der Waals surface area contributed by atoms with Crippen molar-refractivity contribution in [2.24, 2.45) is 0 Å². The number of hydrogen-bond acceptors (Lipinski definition) is 2. The van der Waals surface area contributed by atoms with Crippen LogP contribution in [-0.2, 0) is 4.79 Å². The van der Waals surface area contributed by atoms with E-state index in [0.717, 1.165) is 16.3 Å². The van der Waals surface area contributed by atoms with E-state index in [0.29, 0.717) is 18.0 Å². The number of thioether (sulfide) groups is 1. The number of carbonyl (C=O) groups is 1. The van der Waals surface area contributed by atoms with Crippen molar-refractivity contribution in [2.45, 2.75) is 43.9 Å². The van der Waals surface area contributed by atoms with Crippen molar-refractivity contribution >= 4 is 29.1 Å². The molecule has 0 aromatic heterocycles. The molecule has 0 aliphatic carbocycles. The molecule has 0 amide bonds. The second kappa shape index (κ2) is 8.60. The van der Waals surface area contributed by atoms with Crippen LogP contribution in [0.4, 0.5) is 0 Å². The Balaban J connectivity index is 2.22. The number of carbonyl (C=O) groups excluding carboxylic acids is 1. The molecule has 0 saturated carbocycles. The topological polar surface area (TPSA) is 17.1 Å². The van der Waals surface area contributed by atoms with Crippen LogP contribution in [0.3, 0.4) is 0 Å². The molecule has 0 aliphatic rings. The number of rotatable bonds is 8. The van der Waals surface area contributed by atoms with Crippen LogP contribution in [0.15, 0.2) is 29.2 Å². The van der Waals surface area contributed by atoms with Crippen molar-refractivity contribution in [2.75, 3.05) is 5.75 Å². The zero-order chi connectivity index (χ0) is 12.5. The molecule has 17 heavy (non-hydrogen) atoms. The Labute approximate surface area is 113 Å². The van der Waals surface area contributed by atoms with Crippen LogP contribution < -0.4 is 0 Å². The van der Waals surface area contributed by atoms with E-state index in [2.05, 4.69) is 6.92 Å². The van der Waals surface area contributed by atoms with Crippen molar-refractivity contribution in [1.82, 2.24) is 0 Å². The Morgan fingerprint density at radius 1 is 1.24 bits per heavy atom. The Kier molecular flexibility index (Phi) is 7.38. The Morgan fingerprint density at radius 2 is 2.00 bits per heavy atom. The normalized spacial score (nSPS) is 10.5. The molecule has 3 heteroatoms. The molecule has 0 aliphatic heterocycles. The fourth-order valence-corrected chi connectivity index (χ4v) is 2.68. The van der Waals surface area contributed by atoms with Gasteiger partial charge in [-0.25, -0.2) is 0 Å². The van der Waals surface area contributed by atoms with Gasteiger partial charge < -0.3 is 0 Å². The summed E-state index contributed by atoms with van der Waals surface area (Å²) >= 11 is 7.56. The number of hydrogen-bond donors (Lipinski definition) is 0. The molecule has 0 N–H and O–H groups in total. The van der Waals surface area contributed by atoms with Gasteiger partial charge in [0.25, 0.3) is 0 Å². The molecule has 1 aromatic carbocycles. The third kappa shape index (κ3) is 6.13. The molecule has 0 radical (unpaired) electrons. The van der Waals surface area contributed by atoms with Gasteiger partial charge in [-0.15, -0.1) is 11.8 Å². The number of Topliss-reactive ketones (excluding diaryl/α,β-unsaturated/α-hetero) is 1. The van der Waals surface area contributed by atoms with Gasteiger partial charge in [0, 0.05) is 11.3 Å². The summed E-state index contributed by atoms with van der Waals surface area (Å²) in [5, 5.41) is 0.733. The molecular weight excluding hydrogens is 252 g/mol. The predicted molar refractivity (Wildman–Crippen MR) is 75.9 cm³/mol. The lowest BCUT2D eigenvalue weighted by atomic mass is 10.1. The summed E-state index contributed by atoms with van der Waals surface area (Å²) in [5.41, 5.74) is 0. The summed E-state index contributed by atoms with van der Waals surface area (Å²) in [4.78, 5) is 12.6. The summed E-state index contributed by atoms with van der Waals surface area (Å²) in [6.45, 7) is 2.18. The van der Waals surface area contributed by atoms with Crippen molar-refractivity contribution in [3.05, 3.63) is 29.3 Å². The van der Waals surface area contributed by atoms with Gasteiger partial charge in [0.15, 0.2) is 0 Å². The van der Waals surface area contributed by atoms with E-state index < -0.39 is 0 Å². The highest BCUT2D eigenvalue weighted by atomic mass is 35.5. The van der Waals surface area contributed by atoms with Gasteiger partial charge in [-0.3, -0.25) is 4.79 Å². The zero-order valence-corrected chi connectivity index (χ0v) is 11.8. The van der Waals surface area contributed by atoms with E-state index in [1.165, 1.54) is 31.0 Å². The molecular formula is C14H19ClOS. The lowest BCUT2D eigenvalue weighted by Crippen LogP contribution is -2.00. The third-order valence-electron chi connectivity index (χ3n) is 2.53. The van der Waals surface area contributed by atoms with Crippen LogP contribution in [0.1, 0.15) is 39.0 Å². The predicted octanol–water partition coefficient (Wildman–Crippen LogP) is 4.97. The smallest absolute Gasteiger partial charge is 0.143 e. The van der Waals surface area contributed by atoms with Crippen LogP contribution >= 0.6 is 23.4 Å². The van der Waals surface area contributed by atoms with Gasteiger partial charge in [0.05, 0.1) is 10.8 Å². The Morgan fingerprint density at radius 3 is 2.71 bits per heavy atom. The highest BCUT2D eigenvalue weighted by Crippen LogP contribution is 2.26.